The number of carbonyl (C=O) groups is 3. The summed E-state index contributed by atoms with van der Waals surface area (Å²) in [6, 6.07) is 17.2. The van der Waals surface area contributed by atoms with Gasteiger partial charge in [0.05, 0.1) is 11.0 Å². The van der Waals surface area contributed by atoms with E-state index in [1.54, 1.807) is 13.8 Å². The predicted octanol–water partition coefficient (Wildman–Crippen LogP) is 3.12. The monoisotopic (exact) mass is 529 g/mol. The van der Waals surface area contributed by atoms with Crippen LogP contribution < -0.4 is 11.1 Å². The Balaban J connectivity index is 1.38. The van der Waals surface area contributed by atoms with Crippen molar-refractivity contribution >= 4 is 28.6 Å². The number of fused-ring (bicyclic) bond motifs is 1. The highest BCUT2D eigenvalue weighted by molar-refractivity contribution is 5.93. The van der Waals surface area contributed by atoms with E-state index < -0.39 is 17.0 Å². The molecule has 206 valence electrons. The summed E-state index contributed by atoms with van der Waals surface area (Å²) in [7, 11) is 0. The topological polar surface area (TPSA) is 112 Å². The lowest BCUT2D eigenvalue weighted by Gasteiger charge is -2.43. The van der Waals surface area contributed by atoms with Crippen LogP contribution in [0.5, 0.6) is 0 Å². The fraction of sp³-hybridized carbons (Fsp3) is 0.452. The normalized spacial score (nSPS) is 18.2. The summed E-state index contributed by atoms with van der Waals surface area (Å²) in [6.45, 7) is 5.75. The third-order valence-electron chi connectivity index (χ3n) is 8.35. The van der Waals surface area contributed by atoms with Crippen molar-refractivity contribution in [2.75, 3.05) is 26.2 Å². The van der Waals surface area contributed by atoms with Gasteiger partial charge in [-0.25, -0.2) is 0 Å². The van der Waals surface area contributed by atoms with E-state index in [-0.39, 0.29) is 17.7 Å². The zero-order chi connectivity index (χ0) is 27.6. The van der Waals surface area contributed by atoms with Gasteiger partial charge in [0.15, 0.2) is 0 Å². The quantitative estimate of drug-likeness (QED) is 0.437. The van der Waals surface area contributed by atoms with Crippen LogP contribution in [0.25, 0.3) is 10.9 Å². The number of benzene rings is 2. The second-order valence-corrected chi connectivity index (χ2v) is 11.6. The van der Waals surface area contributed by atoms with Crippen LogP contribution in [0.2, 0.25) is 0 Å². The van der Waals surface area contributed by atoms with Crippen LogP contribution in [-0.2, 0) is 26.2 Å². The summed E-state index contributed by atoms with van der Waals surface area (Å²) >= 11 is 0. The predicted molar refractivity (Wildman–Crippen MR) is 152 cm³/mol. The first-order chi connectivity index (χ1) is 18.7. The lowest BCUT2D eigenvalue weighted by Crippen LogP contribution is -2.59. The van der Waals surface area contributed by atoms with Gasteiger partial charge in [-0.15, -0.1) is 0 Å². The molecular formula is C31H39N5O3. The van der Waals surface area contributed by atoms with E-state index in [1.165, 1.54) is 0 Å². The van der Waals surface area contributed by atoms with Gasteiger partial charge < -0.3 is 25.8 Å². The molecule has 3 aromatic rings. The molecule has 2 aliphatic heterocycles. The summed E-state index contributed by atoms with van der Waals surface area (Å²) in [5, 5.41) is 3.96. The molecule has 5 rings (SSSR count). The standard InChI is InChI=1S/C31H39N5O3/c1-30(2,32)28(38)34-26(20-22-21-33-25-13-7-6-12-24(22)25)27(37)35-18-14-31(15-19-35,23-10-4-3-5-11-23)29(39)36-16-8-9-17-36/h3-7,10-13,21,26,33H,8-9,14-20,32H2,1-2H3,(H,34,38)/t26-/m1/s1. The Hall–Kier alpha value is -3.65. The third-order valence-corrected chi connectivity index (χ3v) is 8.35. The Morgan fingerprint density at radius 3 is 2.26 bits per heavy atom. The Morgan fingerprint density at radius 1 is 0.949 bits per heavy atom. The van der Waals surface area contributed by atoms with Gasteiger partial charge in [0.2, 0.25) is 17.7 Å². The van der Waals surface area contributed by atoms with Crippen LogP contribution in [0.3, 0.4) is 0 Å². The van der Waals surface area contributed by atoms with Crippen molar-refractivity contribution in [3.8, 4) is 0 Å². The molecular weight excluding hydrogens is 490 g/mol. The molecule has 3 heterocycles. The van der Waals surface area contributed by atoms with Crippen molar-refractivity contribution in [2.45, 2.75) is 62.9 Å². The Labute approximate surface area is 229 Å². The second kappa shape index (κ2) is 10.8. The van der Waals surface area contributed by atoms with Crippen LogP contribution in [-0.4, -0.2) is 70.3 Å². The number of amides is 3. The molecule has 2 fully saturated rings. The van der Waals surface area contributed by atoms with Gasteiger partial charge in [-0.1, -0.05) is 48.5 Å². The minimum Gasteiger partial charge on any atom is -0.361 e. The zero-order valence-corrected chi connectivity index (χ0v) is 22.9. The highest BCUT2D eigenvalue weighted by Crippen LogP contribution is 2.38. The molecule has 39 heavy (non-hydrogen) atoms. The molecule has 0 bridgehead atoms. The van der Waals surface area contributed by atoms with E-state index in [4.69, 9.17) is 5.73 Å². The van der Waals surface area contributed by atoms with E-state index in [9.17, 15) is 14.4 Å². The second-order valence-electron chi connectivity index (χ2n) is 11.6. The van der Waals surface area contributed by atoms with Crippen molar-refractivity contribution in [2.24, 2.45) is 5.73 Å². The molecule has 3 amide bonds. The van der Waals surface area contributed by atoms with Gasteiger partial charge in [0.25, 0.3) is 0 Å². The number of hydrogen-bond donors (Lipinski definition) is 3. The fourth-order valence-electron chi connectivity index (χ4n) is 6.00. The van der Waals surface area contributed by atoms with Crippen LogP contribution in [0.4, 0.5) is 0 Å². The molecule has 0 aliphatic carbocycles. The number of nitrogens with two attached hydrogens (primary N) is 1. The van der Waals surface area contributed by atoms with Gasteiger partial charge in [0.1, 0.15) is 6.04 Å². The van der Waals surface area contributed by atoms with E-state index >= 15 is 0 Å². The van der Waals surface area contributed by atoms with E-state index in [0.717, 1.165) is 48.0 Å². The first-order valence-electron chi connectivity index (χ1n) is 14.0. The van der Waals surface area contributed by atoms with Gasteiger partial charge in [-0.3, -0.25) is 14.4 Å². The van der Waals surface area contributed by atoms with Crippen LogP contribution in [0, 0.1) is 0 Å². The van der Waals surface area contributed by atoms with Gasteiger partial charge in [-0.05, 0) is 56.7 Å². The SMILES string of the molecule is CC(C)(N)C(=O)N[C@H](Cc1c[nH]c2ccccc12)C(=O)N1CCC(C(=O)N2CCCC2)(c2ccccc2)CC1. The summed E-state index contributed by atoms with van der Waals surface area (Å²) in [4.78, 5) is 47.8. The molecule has 0 unspecified atom stereocenters. The smallest absolute Gasteiger partial charge is 0.245 e. The maximum atomic E-state index is 14.0. The molecule has 4 N–H and O–H groups in total. The average molecular weight is 530 g/mol. The van der Waals surface area contributed by atoms with E-state index in [1.807, 2.05) is 70.6 Å². The number of nitrogens with zero attached hydrogens (tertiary/aromatic N) is 2. The molecule has 0 radical (unpaired) electrons. The van der Waals surface area contributed by atoms with Gasteiger partial charge >= 0.3 is 0 Å². The van der Waals surface area contributed by atoms with Crippen LogP contribution in [0.15, 0.2) is 60.8 Å². The lowest BCUT2D eigenvalue weighted by molar-refractivity contribution is -0.143. The van der Waals surface area contributed by atoms with Gasteiger partial charge in [-0.2, -0.15) is 0 Å². The maximum Gasteiger partial charge on any atom is 0.245 e. The number of aromatic nitrogens is 1. The highest BCUT2D eigenvalue weighted by Gasteiger charge is 2.46. The first kappa shape index (κ1) is 26.9. The number of aromatic amines is 1. The molecule has 2 aromatic carbocycles. The van der Waals surface area contributed by atoms with Crippen LogP contribution >= 0.6 is 0 Å². The first-order valence-corrected chi connectivity index (χ1v) is 14.0. The summed E-state index contributed by atoms with van der Waals surface area (Å²) in [6.07, 6.45) is 5.41. The lowest BCUT2D eigenvalue weighted by atomic mass is 9.71. The van der Waals surface area contributed by atoms with Crippen LogP contribution in [0.1, 0.15) is 50.7 Å². The molecule has 1 aromatic heterocycles. The number of hydrogen-bond acceptors (Lipinski definition) is 4. The number of H-pyrrole nitrogens is 1. The number of likely N-dealkylation sites (tertiary alicyclic amines) is 2. The number of rotatable bonds is 7. The average Bonchev–Trinajstić information content (AvgIpc) is 3.63. The van der Waals surface area contributed by atoms with Crippen molar-refractivity contribution in [3.63, 3.8) is 0 Å². The maximum absolute atomic E-state index is 14.0. The van der Waals surface area contributed by atoms with Crippen molar-refractivity contribution in [3.05, 3.63) is 71.9 Å². The summed E-state index contributed by atoms with van der Waals surface area (Å²) in [5.74, 6) is -0.347. The zero-order valence-electron chi connectivity index (χ0n) is 22.9. The van der Waals surface area contributed by atoms with Crippen molar-refractivity contribution < 1.29 is 14.4 Å². The van der Waals surface area contributed by atoms with Crippen molar-refractivity contribution in [1.29, 1.82) is 0 Å². The number of piperidine rings is 1. The molecule has 2 saturated heterocycles. The Bertz CT molecular complexity index is 1330. The molecule has 1 atom stereocenters. The number of para-hydroxylation sites is 1. The summed E-state index contributed by atoms with van der Waals surface area (Å²) in [5.41, 5.74) is 7.27. The molecule has 2 aliphatic rings. The Morgan fingerprint density at radius 2 is 1.59 bits per heavy atom. The Kier molecular flexibility index (Phi) is 7.49. The molecule has 0 saturated carbocycles. The number of nitrogens with one attached hydrogen (secondary N) is 2. The molecule has 8 heteroatoms. The minimum atomic E-state index is -1.12. The fourth-order valence-corrected chi connectivity index (χ4v) is 6.00. The van der Waals surface area contributed by atoms with Crippen molar-refractivity contribution in [1.82, 2.24) is 20.1 Å². The van der Waals surface area contributed by atoms with E-state index in [2.05, 4.69) is 10.3 Å². The number of carbonyl (C=O) groups excluding carboxylic acids is 3. The highest BCUT2D eigenvalue weighted by atomic mass is 16.2. The minimum absolute atomic E-state index is 0.145. The molecule has 0 spiro atoms. The largest absolute Gasteiger partial charge is 0.361 e. The van der Waals surface area contributed by atoms with Gasteiger partial charge in [0, 0.05) is 49.7 Å². The summed E-state index contributed by atoms with van der Waals surface area (Å²) < 4.78 is 0. The molecule has 8 nitrogen and oxygen atoms in total. The van der Waals surface area contributed by atoms with E-state index in [0.29, 0.717) is 32.4 Å². The third kappa shape index (κ3) is 5.43.